The van der Waals surface area contributed by atoms with Gasteiger partial charge in [0, 0.05) is 6.07 Å². The number of hydrogen-bond acceptors (Lipinski definition) is 4. The van der Waals surface area contributed by atoms with Crippen molar-refractivity contribution in [1.82, 2.24) is 15.1 Å². The lowest BCUT2D eigenvalue weighted by Crippen LogP contribution is -2.46. The van der Waals surface area contributed by atoms with Gasteiger partial charge in [-0.05, 0) is 20.8 Å². The first-order valence-corrected chi connectivity index (χ1v) is 6.23. The van der Waals surface area contributed by atoms with Crippen molar-refractivity contribution in [1.29, 1.82) is 0 Å². The molecule has 1 aliphatic heterocycles. The minimum absolute atomic E-state index is 0.188. The Bertz CT molecular complexity index is 497. The molecule has 6 nitrogen and oxygen atoms in total. The number of nitrogens with zero attached hydrogens (tertiary/aromatic N) is 2. The number of aromatic nitrogens is 2. The van der Waals surface area contributed by atoms with E-state index >= 15 is 0 Å². The van der Waals surface area contributed by atoms with Gasteiger partial charge in [0.25, 0.3) is 6.43 Å². The zero-order chi connectivity index (χ0) is 14.9. The molecule has 0 fully saturated rings. The normalized spacial score (nSPS) is 18.4. The largest absolute Gasteiger partial charge is 0.476 e. The van der Waals surface area contributed by atoms with Gasteiger partial charge in [0.05, 0.1) is 12.6 Å². The molecule has 0 unspecified atom stereocenters. The smallest absolute Gasteiger partial charge is 0.408 e. The summed E-state index contributed by atoms with van der Waals surface area (Å²) >= 11 is 0. The van der Waals surface area contributed by atoms with Crippen molar-refractivity contribution in [2.24, 2.45) is 0 Å². The zero-order valence-corrected chi connectivity index (χ0v) is 11.5. The van der Waals surface area contributed by atoms with Gasteiger partial charge in [-0.3, -0.25) is 0 Å². The van der Waals surface area contributed by atoms with E-state index in [9.17, 15) is 13.6 Å². The monoisotopic (exact) mass is 289 g/mol. The van der Waals surface area contributed by atoms with E-state index < -0.39 is 18.1 Å². The lowest BCUT2D eigenvalue weighted by molar-refractivity contribution is 0.0460. The molecule has 8 heteroatoms. The Balaban J connectivity index is 1.95. The Morgan fingerprint density at radius 2 is 2.30 bits per heavy atom. The van der Waals surface area contributed by atoms with Crippen LogP contribution in [0.3, 0.4) is 0 Å². The number of halogens is 2. The molecule has 1 aromatic heterocycles. The molecule has 0 spiro atoms. The maximum atomic E-state index is 12.5. The molecular weight excluding hydrogens is 272 g/mol. The average molecular weight is 289 g/mol. The number of alkyl carbamates (subject to hydrolysis) is 1. The van der Waals surface area contributed by atoms with Crippen molar-refractivity contribution in [2.45, 2.75) is 45.4 Å². The molecule has 20 heavy (non-hydrogen) atoms. The summed E-state index contributed by atoms with van der Waals surface area (Å²) in [6, 6.07) is 0.830. The molecule has 1 aliphatic rings. The van der Waals surface area contributed by atoms with Gasteiger partial charge in [-0.1, -0.05) is 0 Å². The highest BCUT2D eigenvalue weighted by molar-refractivity contribution is 5.68. The first-order chi connectivity index (χ1) is 9.24. The third-order valence-electron chi connectivity index (χ3n) is 2.53. The minimum Gasteiger partial charge on any atom is -0.476 e. The van der Waals surface area contributed by atoms with Crippen LogP contribution in [0.15, 0.2) is 6.07 Å². The molecule has 1 atom stereocenters. The van der Waals surface area contributed by atoms with E-state index in [4.69, 9.17) is 9.47 Å². The van der Waals surface area contributed by atoms with Crippen molar-refractivity contribution in [3.63, 3.8) is 0 Å². The second-order valence-corrected chi connectivity index (χ2v) is 5.54. The summed E-state index contributed by atoms with van der Waals surface area (Å²) in [6.07, 6.45) is -3.22. The molecule has 0 aliphatic carbocycles. The minimum atomic E-state index is -2.64. The third kappa shape index (κ3) is 3.58. The first kappa shape index (κ1) is 14.5. The summed E-state index contributed by atoms with van der Waals surface area (Å²) in [4.78, 5) is 11.6. The maximum absolute atomic E-state index is 12.5. The zero-order valence-electron chi connectivity index (χ0n) is 11.5. The highest BCUT2D eigenvalue weighted by atomic mass is 19.3. The van der Waals surface area contributed by atoms with Gasteiger partial charge < -0.3 is 14.8 Å². The summed E-state index contributed by atoms with van der Waals surface area (Å²) in [7, 11) is 0. The van der Waals surface area contributed by atoms with Crippen LogP contribution in [-0.4, -0.2) is 34.1 Å². The predicted molar refractivity (Wildman–Crippen MR) is 65.8 cm³/mol. The Labute approximate surface area is 115 Å². The van der Waals surface area contributed by atoms with Gasteiger partial charge in [0.2, 0.25) is 5.88 Å². The van der Waals surface area contributed by atoms with Gasteiger partial charge in [0.1, 0.15) is 17.9 Å². The topological polar surface area (TPSA) is 65.4 Å². The maximum Gasteiger partial charge on any atom is 0.408 e. The number of alkyl halides is 2. The van der Waals surface area contributed by atoms with E-state index in [1.807, 2.05) is 0 Å². The first-order valence-electron chi connectivity index (χ1n) is 6.23. The predicted octanol–water partition coefficient (Wildman–Crippen LogP) is 2.11. The lowest BCUT2D eigenvalue weighted by atomic mass is 10.2. The number of nitrogens with one attached hydrogen (secondary N) is 1. The summed E-state index contributed by atoms with van der Waals surface area (Å²) in [5.74, 6) is 0.280. The standard InChI is InChI=1S/C12H17F2N3O3/c1-12(2,3)20-11(18)15-7-5-17-9(19-6-7)4-8(16-17)10(13)14/h4,7,10H,5-6H2,1-3H3,(H,15,18)/t7-/m1/s1. The molecule has 1 amide bonds. The van der Waals surface area contributed by atoms with Gasteiger partial charge >= 0.3 is 6.09 Å². The van der Waals surface area contributed by atoms with Crippen LogP contribution in [0, 0.1) is 0 Å². The second kappa shape index (κ2) is 5.26. The van der Waals surface area contributed by atoms with Crippen LogP contribution in [0.25, 0.3) is 0 Å². The van der Waals surface area contributed by atoms with Crippen LogP contribution in [0.5, 0.6) is 5.88 Å². The Morgan fingerprint density at radius 3 is 2.90 bits per heavy atom. The van der Waals surface area contributed by atoms with Crippen LogP contribution in [0.2, 0.25) is 0 Å². The molecule has 0 bridgehead atoms. The van der Waals surface area contributed by atoms with Gasteiger partial charge in [-0.2, -0.15) is 5.10 Å². The molecule has 0 saturated carbocycles. The van der Waals surface area contributed by atoms with Crippen LogP contribution in [0.4, 0.5) is 13.6 Å². The summed E-state index contributed by atoms with van der Waals surface area (Å²) in [5, 5.41) is 6.35. The fourth-order valence-corrected chi connectivity index (χ4v) is 1.78. The van der Waals surface area contributed by atoms with Gasteiger partial charge in [-0.25, -0.2) is 18.3 Å². The third-order valence-corrected chi connectivity index (χ3v) is 2.53. The summed E-state index contributed by atoms with van der Waals surface area (Å²) < 4.78 is 36.8. The number of fused-ring (bicyclic) bond motifs is 1. The SMILES string of the molecule is CC(C)(C)OC(=O)N[C@H]1COc2cc(C(F)F)nn2C1. The van der Waals surface area contributed by atoms with Gasteiger partial charge in [-0.15, -0.1) is 0 Å². The van der Waals surface area contributed by atoms with Crippen molar-refractivity contribution in [3.05, 3.63) is 11.8 Å². The van der Waals surface area contributed by atoms with Crippen molar-refractivity contribution in [2.75, 3.05) is 6.61 Å². The Kier molecular flexibility index (Phi) is 3.82. The Hall–Kier alpha value is -1.86. The molecule has 112 valence electrons. The fourth-order valence-electron chi connectivity index (χ4n) is 1.78. The molecule has 0 aromatic carbocycles. The Morgan fingerprint density at radius 1 is 1.60 bits per heavy atom. The van der Waals surface area contributed by atoms with E-state index in [2.05, 4.69) is 10.4 Å². The number of carbonyl (C=O) groups excluding carboxylic acids is 1. The molecule has 0 saturated heterocycles. The van der Waals surface area contributed by atoms with E-state index in [1.165, 1.54) is 10.7 Å². The van der Waals surface area contributed by atoms with Crippen LogP contribution in [-0.2, 0) is 11.3 Å². The molecule has 0 radical (unpaired) electrons. The van der Waals surface area contributed by atoms with E-state index in [1.54, 1.807) is 20.8 Å². The number of hydrogen-bond donors (Lipinski definition) is 1. The van der Waals surface area contributed by atoms with Crippen molar-refractivity contribution in [3.8, 4) is 5.88 Å². The van der Waals surface area contributed by atoms with Gasteiger partial charge in [0.15, 0.2) is 0 Å². The molecule has 1 aromatic rings. The van der Waals surface area contributed by atoms with E-state index in [-0.39, 0.29) is 30.8 Å². The number of carbonyl (C=O) groups is 1. The van der Waals surface area contributed by atoms with Crippen molar-refractivity contribution >= 4 is 6.09 Å². The van der Waals surface area contributed by atoms with E-state index in [0.717, 1.165) is 0 Å². The van der Waals surface area contributed by atoms with Crippen molar-refractivity contribution < 1.29 is 23.0 Å². The summed E-state index contributed by atoms with van der Waals surface area (Å²) in [6.45, 7) is 5.72. The number of rotatable bonds is 2. The number of ether oxygens (including phenoxy) is 2. The highest BCUT2D eigenvalue weighted by Gasteiger charge is 2.26. The highest BCUT2D eigenvalue weighted by Crippen LogP contribution is 2.25. The van der Waals surface area contributed by atoms with E-state index in [0.29, 0.717) is 0 Å². The molecule has 2 rings (SSSR count). The van der Waals surface area contributed by atoms with Crippen LogP contribution >= 0.6 is 0 Å². The molecular formula is C12H17F2N3O3. The van der Waals surface area contributed by atoms with Crippen LogP contribution in [0.1, 0.15) is 32.9 Å². The quantitative estimate of drug-likeness (QED) is 0.905. The molecule has 2 heterocycles. The lowest BCUT2D eigenvalue weighted by Gasteiger charge is -2.26. The van der Waals surface area contributed by atoms with Crippen LogP contribution < -0.4 is 10.1 Å². The fraction of sp³-hybridized carbons (Fsp3) is 0.667. The second-order valence-electron chi connectivity index (χ2n) is 5.54. The number of amides is 1. The summed E-state index contributed by atoms with van der Waals surface area (Å²) in [5.41, 5.74) is -0.933. The molecule has 1 N–H and O–H groups in total. The average Bonchev–Trinajstić information content (AvgIpc) is 2.69.